The summed E-state index contributed by atoms with van der Waals surface area (Å²) in [4.78, 5) is 12.6. The molecule has 2 aliphatic rings. The van der Waals surface area contributed by atoms with Crippen LogP contribution in [0.15, 0.2) is 42.5 Å². The van der Waals surface area contributed by atoms with E-state index in [4.69, 9.17) is 4.74 Å². The van der Waals surface area contributed by atoms with Gasteiger partial charge in [0.05, 0.1) is 17.7 Å². The molecule has 1 fully saturated rings. The molecule has 148 valence electrons. The van der Waals surface area contributed by atoms with Crippen LogP contribution >= 0.6 is 0 Å². The van der Waals surface area contributed by atoms with Crippen molar-refractivity contribution in [2.75, 3.05) is 13.1 Å². The van der Waals surface area contributed by atoms with Crippen LogP contribution in [0.3, 0.4) is 0 Å². The molecule has 0 amide bonds. The number of benzene rings is 2. The van der Waals surface area contributed by atoms with Crippen LogP contribution in [0.1, 0.15) is 40.7 Å². The smallest absolute Gasteiger partial charge is 0.218 e. The third kappa shape index (κ3) is 3.56. The average Bonchev–Trinajstić information content (AvgIpc) is 2.65. The summed E-state index contributed by atoms with van der Waals surface area (Å²) in [6.45, 7) is 2.44. The monoisotopic (exact) mass is 403 g/mol. The fraction of sp³-hybridized carbons (Fsp3) is 0.381. The van der Waals surface area contributed by atoms with Crippen LogP contribution < -0.4 is 4.74 Å². The molecule has 1 saturated heterocycles. The van der Waals surface area contributed by atoms with Crippen LogP contribution in [-0.4, -0.2) is 37.2 Å². The fourth-order valence-electron chi connectivity index (χ4n) is 3.96. The van der Waals surface area contributed by atoms with Crippen LogP contribution in [0.4, 0.5) is 4.39 Å². The molecule has 5 nitrogen and oxygen atoms in total. The number of aryl methyl sites for hydroxylation is 1. The van der Waals surface area contributed by atoms with Crippen molar-refractivity contribution >= 4 is 15.8 Å². The van der Waals surface area contributed by atoms with Gasteiger partial charge in [0, 0.05) is 31.5 Å². The number of carbonyl (C=O) groups excluding carboxylic acids is 1. The molecule has 0 radical (unpaired) electrons. The second-order valence-corrected chi connectivity index (χ2v) is 9.60. The van der Waals surface area contributed by atoms with Crippen molar-refractivity contribution in [3.8, 4) is 5.75 Å². The SMILES string of the molecule is Cc1ccc2c(c1)C(=O)CC1(CCN(S(=O)(=O)Cc3ccccc3F)CC1)O2. The quantitative estimate of drug-likeness (QED) is 0.787. The maximum atomic E-state index is 13.8. The Bertz CT molecular complexity index is 1030. The third-order valence-electron chi connectivity index (χ3n) is 5.57. The molecule has 7 heteroatoms. The minimum atomic E-state index is -3.64. The molecule has 2 heterocycles. The number of ketones is 1. The Morgan fingerprint density at radius 2 is 1.86 bits per heavy atom. The predicted molar refractivity (Wildman–Crippen MR) is 103 cm³/mol. The largest absolute Gasteiger partial charge is 0.486 e. The number of carbonyl (C=O) groups is 1. The van der Waals surface area contributed by atoms with Crippen LogP contribution in [0.2, 0.25) is 0 Å². The summed E-state index contributed by atoms with van der Waals surface area (Å²) in [7, 11) is -3.64. The van der Waals surface area contributed by atoms with Crippen molar-refractivity contribution in [2.24, 2.45) is 0 Å². The summed E-state index contributed by atoms with van der Waals surface area (Å²) in [6, 6.07) is 11.5. The van der Waals surface area contributed by atoms with Gasteiger partial charge in [0.1, 0.15) is 17.2 Å². The van der Waals surface area contributed by atoms with Crippen LogP contribution in [0.25, 0.3) is 0 Å². The Labute approximate surface area is 164 Å². The van der Waals surface area contributed by atoms with Gasteiger partial charge < -0.3 is 4.74 Å². The Morgan fingerprint density at radius 3 is 2.57 bits per heavy atom. The maximum Gasteiger partial charge on any atom is 0.218 e. The second kappa shape index (κ2) is 6.97. The molecule has 0 aromatic heterocycles. The van der Waals surface area contributed by atoms with Crippen LogP contribution in [-0.2, 0) is 15.8 Å². The summed E-state index contributed by atoms with van der Waals surface area (Å²) in [5.74, 6) is -0.279. The van der Waals surface area contributed by atoms with E-state index in [0.717, 1.165) is 5.56 Å². The molecule has 0 atom stereocenters. The predicted octanol–water partition coefficient (Wildman–Crippen LogP) is 3.46. The number of piperidine rings is 1. The van der Waals surface area contributed by atoms with Gasteiger partial charge in [-0.05, 0) is 25.1 Å². The number of hydrogen-bond acceptors (Lipinski definition) is 4. The molecule has 2 aromatic rings. The summed E-state index contributed by atoms with van der Waals surface area (Å²) in [6.07, 6.45) is 1.12. The summed E-state index contributed by atoms with van der Waals surface area (Å²) in [5.41, 5.74) is 1.10. The van der Waals surface area contributed by atoms with E-state index in [1.807, 2.05) is 25.1 Å². The Hall–Kier alpha value is -2.25. The molecule has 0 aliphatic carbocycles. The van der Waals surface area contributed by atoms with E-state index >= 15 is 0 Å². The molecular formula is C21H22FNO4S. The molecule has 1 spiro atoms. The highest BCUT2D eigenvalue weighted by Crippen LogP contribution is 2.40. The number of halogens is 1. The first kappa shape index (κ1) is 19.1. The van der Waals surface area contributed by atoms with Crippen molar-refractivity contribution in [2.45, 2.75) is 37.5 Å². The minimum Gasteiger partial charge on any atom is -0.486 e. The van der Waals surface area contributed by atoms with E-state index < -0.39 is 21.4 Å². The number of rotatable bonds is 3. The van der Waals surface area contributed by atoms with Gasteiger partial charge in [-0.25, -0.2) is 17.1 Å². The van der Waals surface area contributed by atoms with Gasteiger partial charge in [-0.15, -0.1) is 0 Å². The number of sulfonamides is 1. The van der Waals surface area contributed by atoms with Crippen LogP contribution in [0, 0.1) is 12.7 Å². The molecule has 0 bridgehead atoms. The highest BCUT2D eigenvalue weighted by molar-refractivity contribution is 7.88. The van der Waals surface area contributed by atoms with Crippen LogP contribution in [0.5, 0.6) is 5.75 Å². The van der Waals surface area contributed by atoms with Gasteiger partial charge in [-0.1, -0.05) is 29.8 Å². The molecule has 4 rings (SSSR count). The fourth-order valence-corrected chi connectivity index (χ4v) is 5.51. The molecule has 0 N–H and O–H groups in total. The van der Waals surface area contributed by atoms with Gasteiger partial charge in [0.2, 0.25) is 10.0 Å². The lowest BCUT2D eigenvalue weighted by Gasteiger charge is -2.43. The molecule has 0 unspecified atom stereocenters. The van der Waals surface area contributed by atoms with Crippen molar-refractivity contribution in [1.82, 2.24) is 4.31 Å². The number of Topliss-reactive ketones (excluding diaryl/α,β-unsaturated/α-hetero) is 1. The van der Waals surface area contributed by atoms with E-state index in [1.165, 1.54) is 22.5 Å². The van der Waals surface area contributed by atoms with E-state index in [1.54, 1.807) is 6.07 Å². The first-order valence-corrected chi connectivity index (χ1v) is 10.9. The Balaban J connectivity index is 1.48. The molecule has 2 aromatic carbocycles. The summed E-state index contributed by atoms with van der Waals surface area (Å²) in [5, 5.41) is 0. The first-order chi connectivity index (χ1) is 13.3. The molecule has 0 saturated carbocycles. The first-order valence-electron chi connectivity index (χ1n) is 9.32. The molecular weight excluding hydrogens is 381 g/mol. The molecule has 2 aliphatic heterocycles. The Morgan fingerprint density at radius 1 is 1.14 bits per heavy atom. The lowest BCUT2D eigenvalue weighted by atomic mass is 9.83. The van der Waals surface area contributed by atoms with E-state index in [9.17, 15) is 17.6 Å². The van der Waals surface area contributed by atoms with E-state index in [0.29, 0.717) is 24.2 Å². The zero-order chi connectivity index (χ0) is 19.9. The highest BCUT2D eigenvalue weighted by Gasteiger charge is 2.44. The van der Waals surface area contributed by atoms with Gasteiger partial charge in [0.15, 0.2) is 5.78 Å². The topological polar surface area (TPSA) is 63.7 Å². The zero-order valence-corrected chi connectivity index (χ0v) is 16.5. The standard InChI is InChI=1S/C21H22FNO4S/c1-15-6-7-20-17(12-15)19(24)13-21(27-20)8-10-23(11-9-21)28(25,26)14-16-4-2-3-5-18(16)22/h2-7,12H,8-11,13-14H2,1H3. The van der Waals surface area contributed by atoms with Crippen molar-refractivity contribution < 1.29 is 22.3 Å². The third-order valence-corrected chi connectivity index (χ3v) is 7.40. The number of hydrogen-bond donors (Lipinski definition) is 0. The van der Waals surface area contributed by atoms with Crippen molar-refractivity contribution in [3.05, 3.63) is 65.0 Å². The van der Waals surface area contributed by atoms with E-state index in [-0.39, 0.29) is 36.6 Å². The number of ether oxygens (including phenoxy) is 1. The van der Waals surface area contributed by atoms with Gasteiger partial charge in [0.25, 0.3) is 0 Å². The second-order valence-electron chi connectivity index (χ2n) is 7.63. The lowest BCUT2D eigenvalue weighted by Crippen LogP contribution is -2.52. The van der Waals surface area contributed by atoms with Crippen molar-refractivity contribution in [3.63, 3.8) is 0 Å². The summed E-state index contributed by atoms with van der Waals surface area (Å²) >= 11 is 0. The molecule has 28 heavy (non-hydrogen) atoms. The van der Waals surface area contributed by atoms with Gasteiger partial charge in [-0.3, -0.25) is 4.79 Å². The Kier molecular flexibility index (Phi) is 4.75. The maximum absolute atomic E-state index is 13.8. The number of fused-ring (bicyclic) bond motifs is 1. The van der Waals surface area contributed by atoms with E-state index in [2.05, 4.69) is 0 Å². The lowest BCUT2D eigenvalue weighted by molar-refractivity contribution is 0.00587. The summed E-state index contributed by atoms with van der Waals surface area (Å²) < 4.78 is 46.9. The normalized spacial score (nSPS) is 19.3. The average molecular weight is 403 g/mol. The number of nitrogens with zero attached hydrogens (tertiary/aromatic N) is 1. The zero-order valence-electron chi connectivity index (χ0n) is 15.7. The minimum absolute atomic E-state index is 0.0348. The van der Waals surface area contributed by atoms with Crippen molar-refractivity contribution in [1.29, 1.82) is 0 Å². The highest BCUT2D eigenvalue weighted by atomic mass is 32.2. The van der Waals surface area contributed by atoms with Gasteiger partial charge in [-0.2, -0.15) is 0 Å². The van der Waals surface area contributed by atoms with Gasteiger partial charge >= 0.3 is 0 Å².